The molecule has 0 spiro atoms. The molecule has 30 heavy (non-hydrogen) atoms. The number of likely N-dealkylation sites (tertiary alicyclic amines) is 1. The summed E-state index contributed by atoms with van der Waals surface area (Å²) in [6.45, 7) is 6.30. The minimum absolute atomic E-state index is 0.0368. The summed E-state index contributed by atoms with van der Waals surface area (Å²) in [6.07, 6.45) is 4.01. The summed E-state index contributed by atoms with van der Waals surface area (Å²) >= 11 is 0. The Bertz CT molecular complexity index is 1000. The number of aryl methyl sites for hydroxylation is 1. The molecule has 2 saturated heterocycles. The van der Waals surface area contributed by atoms with Crippen molar-refractivity contribution in [2.24, 2.45) is 5.92 Å². The zero-order valence-corrected chi connectivity index (χ0v) is 18.8. The number of sulfone groups is 1. The summed E-state index contributed by atoms with van der Waals surface area (Å²) in [6, 6.07) is 12.6. The van der Waals surface area contributed by atoms with Crippen molar-refractivity contribution >= 4 is 15.6 Å². The van der Waals surface area contributed by atoms with Gasteiger partial charge in [-0.05, 0) is 70.2 Å². The highest BCUT2D eigenvalue weighted by Crippen LogP contribution is 2.29. The third-order valence-electron chi connectivity index (χ3n) is 6.80. The van der Waals surface area contributed by atoms with Gasteiger partial charge in [-0.15, -0.1) is 0 Å². The molecule has 1 atom stereocenters. The maximum Gasteiger partial charge on any atom is 0.178 e. The van der Waals surface area contributed by atoms with Crippen LogP contribution in [0.15, 0.2) is 36.4 Å². The number of ketones is 1. The molecule has 6 heteroatoms. The first-order valence-electron chi connectivity index (χ1n) is 11.0. The van der Waals surface area contributed by atoms with Gasteiger partial charge in [0.25, 0.3) is 0 Å². The van der Waals surface area contributed by atoms with E-state index in [1.807, 2.05) is 19.9 Å². The van der Waals surface area contributed by atoms with E-state index in [0.29, 0.717) is 18.9 Å². The van der Waals surface area contributed by atoms with Crippen molar-refractivity contribution in [2.75, 3.05) is 31.1 Å². The van der Waals surface area contributed by atoms with Crippen LogP contribution in [0.1, 0.15) is 52.6 Å². The normalized spacial score (nSPS) is 22.4. The number of benzene rings is 1. The van der Waals surface area contributed by atoms with Crippen molar-refractivity contribution < 1.29 is 13.2 Å². The Balaban J connectivity index is 1.35. The molecule has 1 aromatic carbocycles. The predicted octanol–water partition coefficient (Wildman–Crippen LogP) is 3.60. The first-order valence-corrected chi connectivity index (χ1v) is 12.8. The van der Waals surface area contributed by atoms with Crippen LogP contribution in [-0.4, -0.2) is 54.8 Å². The molecule has 0 amide bonds. The zero-order valence-electron chi connectivity index (χ0n) is 18.0. The highest BCUT2D eigenvalue weighted by atomic mass is 32.2. The predicted molar refractivity (Wildman–Crippen MR) is 120 cm³/mol. The molecule has 2 fully saturated rings. The lowest BCUT2D eigenvalue weighted by Crippen LogP contribution is -2.38. The smallest absolute Gasteiger partial charge is 0.178 e. The average Bonchev–Trinajstić information content (AvgIpc) is 3.22. The maximum atomic E-state index is 13.0. The molecule has 1 aromatic heterocycles. The summed E-state index contributed by atoms with van der Waals surface area (Å²) in [5.74, 6) is 1.27. The Morgan fingerprint density at radius 2 is 1.77 bits per heavy atom. The Hall–Kier alpha value is -1.92. The van der Waals surface area contributed by atoms with Gasteiger partial charge in [0, 0.05) is 23.0 Å². The van der Waals surface area contributed by atoms with Crippen LogP contribution in [0, 0.1) is 19.8 Å². The van der Waals surface area contributed by atoms with Gasteiger partial charge >= 0.3 is 0 Å². The van der Waals surface area contributed by atoms with Crippen molar-refractivity contribution in [3.63, 3.8) is 0 Å². The lowest BCUT2D eigenvalue weighted by molar-refractivity contribution is 0.0895. The highest BCUT2D eigenvalue weighted by Gasteiger charge is 2.32. The van der Waals surface area contributed by atoms with Crippen molar-refractivity contribution in [3.8, 4) is 0 Å². The molecule has 0 bridgehead atoms. The average molecular weight is 429 g/mol. The number of hydrogen-bond donors (Lipinski definition) is 0. The van der Waals surface area contributed by atoms with E-state index in [4.69, 9.17) is 0 Å². The summed E-state index contributed by atoms with van der Waals surface area (Å²) < 4.78 is 25.9. The number of Topliss-reactive ketones (excluding diaryl/α,β-unsaturated/α-hetero) is 1. The molecule has 0 N–H and O–H groups in total. The van der Waals surface area contributed by atoms with Crippen LogP contribution in [-0.2, 0) is 16.3 Å². The van der Waals surface area contributed by atoms with Gasteiger partial charge in [0.1, 0.15) is 0 Å². The maximum absolute atomic E-state index is 13.0. The quantitative estimate of drug-likeness (QED) is 0.660. The summed E-state index contributed by atoms with van der Waals surface area (Å²) in [5.41, 5.74) is 4.05. The number of carbonyl (C=O) groups excluding carboxylic acids is 1. The Kier molecular flexibility index (Phi) is 6.16. The van der Waals surface area contributed by atoms with Crippen molar-refractivity contribution in [2.45, 2.75) is 45.6 Å². The fraction of sp³-hybridized carbons (Fsp3) is 0.542. The molecule has 0 unspecified atom stereocenters. The number of aromatic nitrogens is 1. The van der Waals surface area contributed by atoms with Gasteiger partial charge in [-0.25, -0.2) is 8.42 Å². The molecule has 162 valence electrons. The highest BCUT2D eigenvalue weighted by molar-refractivity contribution is 7.91. The van der Waals surface area contributed by atoms with Crippen LogP contribution in [0.2, 0.25) is 0 Å². The van der Waals surface area contributed by atoms with E-state index in [9.17, 15) is 13.2 Å². The standard InChI is InChI=1S/C24H32N2O3S/c1-18-14-23(19(2)26(18)22-10-13-30(28,29)17-22)24(27)16-25-11-8-21(9-12-25)15-20-6-4-3-5-7-20/h3-7,14,21-22H,8-13,15-17H2,1-2H3/t22-/m1/s1. The van der Waals surface area contributed by atoms with E-state index in [2.05, 4.69) is 39.8 Å². The van der Waals surface area contributed by atoms with Gasteiger partial charge < -0.3 is 4.57 Å². The second-order valence-electron chi connectivity index (χ2n) is 9.04. The summed E-state index contributed by atoms with van der Waals surface area (Å²) in [7, 11) is -2.95. The first kappa shape index (κ1) is 21.3. The van der Waals surface area contributed by atoms with Crippen molar-refractivity contribution in [1.29, 1.82) is 0 Å². The third-order valence-corrected chi connectivity index (χ3v) is 8.55. The first-order chi connectivity index (χ1) is 14.3. The number of piperidine rings is 1. The lowest BCUT2D eigenvalue weighted by atomic mass is 9.90. The van der Waals surface area contributed by atoms with E-state index in [1.54, 1.807) is 0 Å². The van der Waals surface area contributed by atoms with Crippen molar-refractivity contribution in [3.05, 3.63) is 58.9 Å². The second kappa shape index (κ2) is 8.67. The summed E-state index contributed by atoms with van der Waals surface area (Å²) in [5, 5.41) is 0. The molecule has 3 heterocycles. The third kappa shape index (κ3) is 4.70. The molecule has 0 saturated carbocycles. The van der Waals surface area contributed by atoms with E-state index < -0.39 is 9.84 Å². The largest absolute Gasteiger partial charge is 0.344 e. The van der Waals surface area contributed by atoms with Gasteiger partial charge in [-0.1, -0.05) is 30.3 Å². The number of nitrogens with zero attached hydrogens (tertiary/aromatic N) is 2. The van der Waals surface area contributed by atoms with Crippen LogP contribution in [0.3, 0.4) is 0 Å². The monoisotopic (exact) mass is 428 g/mol. The fourth-order valence-corrected chi connectivity index (χ4v) is 6.88. The van der Waals surface area contributed by atoms with Crippen LogP contribution < -0.4 is 0 Å². The topological polar surface area (TPSA) is 59.4 Å². The molecular formula is C24H32N2O3S. The number of carbonyl (C=O) groups is 1. The summed E-state index contributed by atoms with van der Waals surface area (Å²) in [4.78, 5) is 15.3. The van der Waals surface area contributed by atoms with Crippen LogP contribution in [0.25, 0.3) is 0 Å². The molecule has 0 radical (unpaired) electrons. The second-order valence-corrected chi connectivity index (χ2v) is 11.3. The molecule has 5 nitrogen and oxygen atoms in total. The minimum Gasteiger partial charge on any atom is -0.344 e. The van der Waals surface area contributed by atoms with Gasteiger partial charge in [0.05, 0.1) is 18.1 Å². The Morgan fingerprint density at radius 1 is 1.07 bits per heavy atom. The Labute approximate surface area is 180 Å². The number of rotatable bonds is 6. The van der Waals surface area contributed by atoms with E-state index in [0.717, 1.165) is 49.3 Å². The van der Waals surface area contributed by atoms with Gasteiger partial charge in [0.2, 0.25) is 0 Å². The molecular weight excluding hydrogens is 396 g/mol. The minimum atomic E-state index is -2.95. The Morgan fingerprint density at radius 3 is 2.40 bits per heavy atom. The van der Waals surface area contributed by atoms with E-state index >= 15 is 0 Å². The van der Waals surface area contributed by atoms with Gasteiger partial charge in [0.15, 0.2) is 15.6 Å². The van der Waals surface area contributed by atoms with Crippen molar-refractivity contribution in [1.82, 2.24) is 9.47 Å². The molecule has 2 aliphatic rings. The molecule has 2 aromatic rings. The van der Waals surface area contributed by atoms with E-state index in [-0.39, 0.29) is 23.3 Å². The van der Waals surface area contributed by atoms with E-state index in [1.165, 1.54) is 5.56 Å². The van der Waals surface area contributed by atoms with Crippen LogP contribution in [0.5, 0.6) is 0 Å². The zero-order chi connectivity index (χ0) is 21.3. The van der Waals surface area contributed by atoms with Crippen LogP contribution >= 0.6 is 0 Å². The van der Waals surface area contributed by atoms with Crippen LogP contribution in [0.4, 0.5) is 0 Å². The van der Waals surface area contributed by atoms with Gasteiger partial charge in [-0.2, -0.15) is 0 Å². The fourth-order valence-electron chi connectivity index (χ4n) is 5.18. The molecule has 0 aliphatic carbocycles. The van der Waals surface area contributed by atoms with Gasteiger partial charge in [-0.3, -0.25) is 9.69 Å². The molecule has 2 aliphatic heterocycles. The number of hydrogen-bond acceptors (Lipinski definition) is 4. The SMILES string of the molecule is Cc1cc(C(=O)CN2CCC(Cc3ccccc3)CC2)c(C)n1[C@@H]1CCS(=O)(=O)C1. The molecule has 4 rings (SSSR count). The lowest BCUT2D eigenvalue weighted by Gasteiger charge is -2.31.